The Morgan fingerprint density at radius 1 is 1.22 bits per heavy atom. The first-order chi connectivity index (χ1) is 14.1. The number of amides is 2. The first kappa shape index (κ1) is 15.6. The Kier molecular flexibility index (Phi) is 4.01. The molecular weight excluding hydrogens is 342 g/mol. The van der Waals surface area contributed by atoms with Gasteiger partial charge < -0.3 is 20.2 Å². The molecule has 3 atom stereocenters. The molecule has 2 N–H and O–H groups in total. The van der Waals surface area contributed by atoms with Gasteiger partial charge in [-0.3, -0.25) is 4.79 Å². The Balaban J connectivity index is 1.30. The van der Waals surface area contributed by atoms with E-state index in [0.29, 0.717) is 37.9 Å². The summed E-state index contributed by atoms with van der Waals surface area (Å²) in [5.41, 5.74) is -0.865. The third kappa shape index (κ3) is 3.34. The van der Waals surface area contributed by atoms with Crippen LogP contribution < -0.4 is 5.32 Å². The number of hydrogen-bond donors (Lipinski definition) is 2. The van der Waals surface area contributed by atoms with Gasteiger partial charge in [-0.05, 0) is 76.2 Å². The largest absolute Gasteiger partial charge is 0.465 e. The molecule has 4 aliphatic rings. The Bertz CT molecular complexity index is 689. The Morgan fingerprint density at radius 2 is 1.96 bits per heavy atom. The van der Waals surface area contributed by atoms with Crippen molar-refractivity contribution in [3.8, 4) is 0 Å². The molecule has 0 aromatic rings. The number of likely N-dealkylation sites (tertiary alicyclic amines) is 2. The maximum Gasteiger partial charge on any atom is 0.407 e. The number of piperidine rings is 1. The fraction of sp³-hybridized carbons (Fsp3) is 0.905. The van der Waals surface area contributed by atoms with Crippen LogP contribution in [0.3, 0.4) is 0 Å². The van der Waals surface area contributed by atoms with Gasteiger partial charge in [-0.2, -0.15) is 0 Å². The summed E-state index contributed by atoms with van der Waals surface area (Å²) in [7, 11) is 0. The predicted octanol–water partition coefficient (Wildman–Crippen LogP) is 2.93. The second-order valence-corrected chi connectivity index (χ2v) is 9.34. The molecule has 2 aliphatic carbocycles. The normalized spacial score (nSPS) is 38.4. The molecule has 6 nitrogen and oxygen atoms in total. The summed E-state index contributed by atoms with van der Waals surface area (Å²) in [6, 6.07) is 0.480. The maximum absolute atomic E-state index is 12.8. The van der Waals surface area contributed by atoms with Crippen molar-refractivity contribution in [2.45, 2.75) is 76.7 Å². The van der Waals surface area contributed by atoms with Crippen LogP contribution in [0.4, 0.5) is 4.79 Å². The van der Waals surface area contributed by atoms with Crippen LogP contribution >= 0.6 is 0 Å². The summed E-state index contributed by atoms with van der Waals surface area (Å²) in [5.74, 6) is 0.320. The molecule has 0 radical (unpaired) electrons. The van der Waals surface area contributed by atoms with Crippen LogP contribution in [0.25, 0.3) is 0 Å². The van der Waals surface area contributed by atoms with Crippen LogP contribution in [0.5, 0.6) is 0 Å². The first-order valence-electron chi connectivity index (χ1n) is 12.1. The molecule has 4 rings (SSSR count). The fourth-order valence-corrected chi connectivity index (χ4v) is 6.06. The molecule has 0 aromatic carbocycles. The predicted molar refractivity (Wildman–Crippen MR) is 104 cm³/mol. The third-order valence-corrected chi connectivity index (χ3v) is 7.90. The van der Waals surface area contributed by atoms with Gasteiger partial charge in [0.15, 0.2) is 0 Å². The number of nitrogens with one attached hydrogen (secondary N) is 1. The second-order valence-electron chi connectivity index (χ2n) is 9.34. The Labute approximate surface area is 166 Å². The quantitative estimate of drug-likeness (QED) is 0.786. The lowest BCUT2D eigenvalue weighted by atomic mass is 9.54. The summed E-state index contributed by atoms with van der Waals surface area (Å²) in [5, 5.41) is 12.2. The van der Waals surface area contributed by atoms with Gasteiger partial charge in [-0.15, -0.1) is 0 Å². The molecule has 2 saturated heterocycles. The van der Waals surface area contributed by atoms with E-state index in [-0.39, 0.29) is 17.2 Å². The Morgan fingerprint density at radius 3 is 2.48 bits per heavy atom. The van der Waals surface area contributed by atoms with Crippen molar-refractivity contribution in [3.63, 3.8) is 0 Å². The maximum atomic E-state index is 12.8. The lowest BCUT2D eigenvalue weighted by Crippen LogP contribution is -2.62. The minimum Gasteiger partial charge on any atom is -0.465 e. The highest BCUT2D eigenvalue weighted by Crippen LogP contribution is 2.56. The number of rotatable bonds is 4. The Hall–Kier alpha value is -1.30. The van der Waals surface area contributed by atoms with E-state index in [1.165, 1.54) is 0 Å². The highest BCUT2D eigenvalue weighted by Gasteiger charge is 2.58. The van der Waals surface area contributed by atoms with E-state index in [1.54, 1.807) is 4.90 Å². The van der Waals surface area contributed by atoms with Gasteiger partial charge in [0.05, 0.1) is 0 Å². The van der Waals surface area contributed by atoms with Crippen LogP contribution in [0.1, 0.15) is 69.3 Å². The summed E-state index contributed by atoms with van der Waals surface area (Å²) >= 11 is 0. The minimum absolute atomic E-state index is 0.0875. The smallest absolute Gasteiger partial charge is 0.407 e. The standard InChI is InChI=1S/C21H35N3O3/c1-3-16-17(13-21(16)9-12-24(14-21)19(26)27)23-10-5-15(6-11-23)18(25)22-20(2)7-4-8-20/h15-17H,3-14H2,1-2H3,(H,22,25)(H,26,27)/i2D3. The average molecular weight is 381 g/mol. The molecule has 0 bridgehead atoms. The van der Waals surface area contributed by atoms with Crippen molar-refractivity contribution in [2.24, 2.45) is 17.3 Å². The van der Waals surface area contributed by atoms with E-state index in [4.69, 9.17) is 4.11 Å². The summed E-state index contributed by atoms with van der Waals surface area (Å²) in [6.07, 6.45) is 5.75. The molecule has 2 amide bonds. The molecule has 0 aromatic heterocycles. The van der Waals surface area contributed by atoms with Gasteiger partial charge in [0, 0.05) is 34.7 Å². The minimum atomic E-state index is -2.14. The molecule has 27 heavy (non-hydrogen) atoms. The molecule has 152 valence electrons. The second kappa shape index (κ2) is 6.94. The van der Waals surface area contributed by atoms with Gasteiger partial charge >= 0.3 is 6.09 Å². The number of carbonyl (C=O) groups is 2. The number of hydrogen-bond acceptors (Lipinski definition) is 3. The van der Waals surface area contributed by atoms with Crippen LogP contribution in [-0.2, 0) is 4.79 Å². The van der Waals surface area contributed by atoms with Gasteiger partial charge in [-0.25, -0.2) is 4.79 Å². The van der Waals surface area contributed by atoms with Gasteiger partial charge in [0.25, 0.3) is 0 Å². The van der Waals surface area contributed by atoms with Gasteiger partial charge in [-0.1, -0.05) is 13.3 Å². The zero-order chi connectivity index (χ0) is 21.7. The van der Waals surface area contributed by atoms with E-state index < -0.39 is 18.5 Å². The lowest BCUT2D eigenvalue weighted by molar-refractivity contribution is -0.131. The third-order valence-electron chi connectivity index (χ3n) is 7.90. The topological polar surface area (TPSA) is 72.9 Å². The highest BCUT2D eigenvalue weighted by atomic mass is 16.4. The van der Waals surface area contributed by atoms with Crippen LogP contribution in [0.2, 0.25) is 0 Å². The number of carbonyl (C=O) groups excluding carboxylic acids is 1. The van der Waals surface area contributed by atoms with Gasteiger partial charge in [0.2, 0.25) is 5.91 Å². The van der Waals surface area contributed by atoms with Crippen molar-refractivity contribution in [2.75, 3.05) is 26.2 Å². The van der Waals surface area contributed by atoms with E-state index in [0.717, 1.165) is 51.6 Å². The zero-order valence-electron chi connectivity index (χ0n) is 19.4. The average Bonchev–Trinajstić information content (AvgIpc) is 3.10. The number of nitrogens with zero attached hydrogens (tertiary/aromatic N) is 2. The van der Waals surface area contributed by atoms with Crippen molar-refractivity contribution >= 4 is 12.0 Å². The van der Waals surface area contributed by atoms with E-state index >= 15 is 0 Å². The molecule has 2 saturated carbocycles. The fourth-order valence-electron chi connectivity index (χ4n) is 6.06. The monoisotopic (exact) mass is 380 g/mol. The summed E-state index contributed by atoms with van der Waals surface area (Å²) < 4.78 is 23.4. The summed E-state index contributed by atoms with van der Waals surface area (Å²) in [6.45, 7) is 3.09. The first-order valence-corrected chi connectivity index (χ1v) is 10.6. The van der Waals surface area contributed by atoms with Crippen LogP contribution in [-0.4, -0.2) is 64.7 Å². The molecule has 2 heterocycles. The molecular formula is C21H35N3O3. The summed E-state index contributed by atoms with van der Waals surface area (Å²) in [4.78, 5) is 28.2. The van der Waals surface area contributed by atoms with Crippen LogP contribution in [0.15, 0.2) is 0 Å². The van der Waals surface area contributed by atoms with Crippen LogP contribution in [0, 0.1) is 17.3 Å². The number of carboxylic acid groups (broad SMARTS) is 1. The molecule has 2 aliphatic heterocycles. The molecule has 6 heteroatoms. The van der Waals surface area contributed by atoms with E-state index in [2.05, 4.69) is 17.1 Å². The van der Waals surface area contributed by atoms with Crippen molar-refractivity contribution in [1.82, 2.24) is 15.1 Å². The molecule has 4 fully saturated rings. The lowest BCUT2D eigenvalue weighted by Gasteiger charge is -2.58. The SMILES string of the molecule is [2H]C([2H])([2H])C1(NC(=O)C2CCN(C3CC4(CCN(C(=O)O)C4)C3CC)CC2)CCC1. The van der Waals surface area contributed by atoms with Crippen molar-refractivity contribution in [1.29, 1.82) is 0 Å². The highest BCUT2D eigenvalue weighted by molar-refractivity contribution is 5.79. The molecule has 3 unspecified atom stereocenters. The molecule has 1 spiro atoms. The zero-order valence-corrected chi connectivity index (χ0v) is 16.4. The van der Waals surface area contributed by atoms with Crippen molar-refractivity contribution < 1.29 is 18.8 Å². The van der Waals surface area contributed by atoms with Crippen molar-refractivity contribution in [3.05, 3.63) is 0 Å². The van der Waals surface area contributed by atoms with E-state index in [1.807, 2.05) is 0 Å². The van der Waals surface area contributed by atoms with E-state index in [9.17, 15) is 14.7 Å². The van der Waals surface area contributed by atoms with Gasteiger partial charge in [0.1, 0.15) is 0 Å².